The lowest BCUT2D eigenvalue weighted by molar-refractivity contribution is 0.573. The van der Waals surface area contributed by atoms with Gasteiger partial charge in [-0.2, -0.15) is 0 Å². The first-order valence-electron chi connectivity index (χ1n) is 5.04. The lowest BCUT2D eigenvalue weighted by atomic mass is 10.0. The molecule has 13 heavy (non-hydrogen) atoms. The fourth-order valence-electron chi connectivity index (χ4n) is 1.17. The van der Waals surface area contributed by atoms with Crippen LogP contribution in [0.15, 0.2) is 36.4 Å². The van der Waals surface area contributed by atoms with Gasteiger partial charge in [-0.3, -0.25) is 0 Å². The van der Waals surface area contributed by atoms with Crippen molar-refractivity contribution in [3.8, 4) is 0 Å². The highest BCUT2D eigenvalue weighted by atomic mass is 14.0. The predicted octanol–water partition coefficient (Wildman–Crippen LogP) is 4.14. The van der Waals surface area contributed by atoms with Gasteiger partial charge in [0.05, 0.1) is 0 Å². The third kappa shape index (κ3) is 3.93. The molecule has 0 saturated heterocycles. The van der Waals surface area contributed by atoms with Crippen LogP contribution in [0.1, 0.15) is 32.3 Å². The highest BCUT2D eigenvalue weighted by Crippen LogP contribution is 2.09. The molecule has 0 heterocycles. The van der Waals surface area contributed by atoms with Crippen molar-refractivity contribution >= 4 is 6.08 Å². The zero-order chi connectivity index (χ0) is 9.52. The van der Waals surface area contributed by atoms with Crippen LogP contribution in [0.5, 0.6) is 0 Å². The molecule has 0 nitrogen and oxygen atoms in total. The molecule has 1 rings (SSSR count). The van der Waals surface area contributed by atoms with E-state index < -0.39 is 0 Å². The van der Waals surface area contributed by atoms with Gasteiger partial charge in [0, 0.05) is 0 Å². The Morgan fingerprint density at radius 3 is 2.54 bits per heavy atom. The molecule has 0 aliphatic heterocycles. The van der Waals surface area contributed by atoms with Crippen LogP contribution in [0.3, 0.4) is 0 Å². The van der Waals surface area contributed by atoms with Gasteiger partial charge in [0.1, 0.15) is 0 Å². The molecule has 1 unspecified atom stereocenters. The first kappa shape index (κ1) is 10.0. The number of hydrogen-bond acceptors (Lipinski definition) is 0. The largest absolute Gasteiger partial charge is 0.0837 e. The Hall–Kier alpha value is -1.04. The quantitative estimate of drug-likeness (QED) is 0.643. The maximum absolute atomic E-state index is 2.29. The second-order valence-corrected chi connectivity index (χ2v) is 3.56. The summed E-state index contributed by atoms with van der Waals surface area (Å²) < 4.78 is 0. The Balaban J connectivity index is 2.41. The lowest BCUT2D eigenvalue weighted by Gasteiger charge is -2.02. The topological polar surface area (TPSA) is 0 Å². The summed E-state index contributed by atoms with van der Waals surface area (Å²) in [5.74, 6) is 0.806. The summed E-state index contributed by atoms with van der Waals surface area (Å²) in [5, 5.41) is 0. The van der Waals surface area contributed by atoms with Gasteiger partial charge in [0.2, 0.25) is 0 Å². The van der Waals surface area contributed by atoms with Crippen molar-refractivity contribution in [2.45, 2.75) is 26.7 Å². The van der Waals surface area contributed by atoms with Crippen molar-refractivity contribution in [1.82, 2.24) is 0 Å². The van der Waals surface area contributed by atoms with Gasteiger partial charge in [-0.1, -0.05) is 62.8 Å². The van der Waals surface area contributed by atoms with Crippen LogP contribution in [-0.2, 0) is 0 Å². The van der Waals surface area contributed by atoms with Crippen LogP contribution in [-0.4, -0.2) is 0 Å². The zero-order valence-corrected chi connectivity index (χ0v) is 8.53. The van der Waals surface area contributed by atoms with E-state index in [0.717, 1.165) is 5.92 Å². The molecule has 0 N–H and O–H groups in total. The van der Waals surface area contributed by atoms with E-state index in [2.05, 4.69) is 50.3 Å². The van der Waals surface area contributed by atoms with Crippen LogP contribution in [0.4, 0.5) is 0 Å². The normalized spacial score (nSPS) is 13.4. The molecule has 1 aromatic carbocycles. The summed E-state index contributed by atoms with van der Waals surface area (Å²) in [6.07, 6.45) is 6.92. The van der Waals surface area contributed by atoms with Crippen LogP contribution in [0, 0.1) is 5.92 Å². The van der Waals surface area contributed by atoms with Crippen molar-refractivity contribution in [3.05, 3.63) is 42.0 Å². The summed E-state index contributed by atoms with van der Waals surface area (Å²) in [6.45, 7) is 4.52. The maximum Gasteiger partial charge on any atom is -0.0260 e. The van der Waals surface area contributed by atoms with Crippen molar-refractivity contribution in [3.63, 3.8) is 0 Å². The van der Waals surface area contributed by atoms with Crippen LogP contribution >= 0.6 is 0 Å². The maximum atomic E-state index is 2.29. The fraction of sp³-hybridized carbons (Fsp3) is 0.385. The van der Waals surface area contributed by atoms with Gasteiger partial charge >= 0.3 is 0 Å². The molecule has 0 aliphatic carbocycles. The molecule has 0 aliphatic rings. The Morgan fingerprint density at radius 2 is 1.92 bits per heavy atom. The molecule has 0 fully saturated rings. The first-order chi connectivity index (χ1) is 6.33. The van der Waals surface area contributed by atoms with Crippen molar-refractivity contribution < 1.29 is 0 Å². The van der Waals surface area contributed by atoms with Gasteiger partial charge in [0.25, 0.3) is 0 Å². The van der Waals surface area contributed by atoms with E-state index in [1.54, 1.807) is 0 Å². The van der Waals surface area contributed by atoms with Gasteiger partial charge in [-0.05, 0) is 17.9 Å². The van der Waals surface area contributed by atoms with Gasteiger partial charge in [-0.25, -0.2) is 0 Å². The van der Waals surface area contributed by atoms with E-state index in [4.69, 9.17) is 0 Å². The highest BCUT2D eigenvalue weighted by molar-refractivity contribution is 5.48. The molecule has 1 aromatic rings. The minimum atomic E-state index is 0.806. The monoisotopic (exact) mass is 174 g/mol. The summed E-state index contributed by atoms with van der Waals surface area (Å²) >= 11 is 0. The second kappa shape index (κ2) is 5.58. The van der Waals surface area contributed by atoms with E-state index in [0.29, 0.717) is 0 Å². The van der Waals surface area contributed by atoms with Crippen molar-refractivity contribution in [2.24, 2.45) is 5.92 Å². The molecule has 1 atom stereocenters. The Labute approximate surface area is 81.3 Å². The highest BCUT2D eigenvalue weighted by Gasteiger charge is 1.93. The SMILES string of the molecule is CCC(C)CC=Cc1ccccc1. The number of benzene rings is 1. The number of hydrogen-bond donors (Lipinski definition) is 0. The summed E-state index contributed by atoms with van der Waals surface area (Å²) in [7, 11) is 0. The molecular formula is C13H18. The molecule has 70 valence electrons. The van der Waals surface area contributed by atoms with E-state index in [1.165, 1.54) is 18.4 Å². The zero-order valence-electron chi connectivity index (χ0n) is 8.53. The standard InChI is InChI=1S/C13H18/c1-3-12(2)8-7-11-13-9-5-4-6-10-13/h4-7,9-12H,3,8H2,1-2H3. The van der Waals surface area contributed by atoms with Crippen LogP contribution in [0.2, 0.25) is 0 Å². The van der Waals surface area contributed by atoms with E-state index in [-0.39, 0.29) is 0 Å². The Bertz CT molecular complexity index is 246. The summed E-state index contributed by atoms with van der Waals surface area (Å²) in [4.78, 5) is 0. The number of allylic oxidation sites excluding steroid dienone is 1. The minimum absolute atomic E-state index is 0.806. The van der Waals surface area contributed by atoms with Crippen molar-refractivity contribution in [1.29, 1.82) is 0 Å². The van der Waals surface area contributed by atoms with Gasteiger partial charge < -0.3 is 0 Å². The van der Waals surface area contributed by atoms with Gasteiger partial charge in [0.15, 0.2) is 0 Å². The molecular weight excluding hydrogens is 156 g/mol. The lowest BCUT2D eigenvalue weighted by Crippen LogP contribution is -1.87. The summed E-state index contributed by atoms with van der Waals surface area (Å²) in [6, 6.07) is 10.5. The molecule has 0 aromatic heterocycles. The molecule has 0 spiro atoms. The smallest absolute Gasteiger partial charge is 0.0260 e. The van der Waals surface area contributed by atoms with Crippen LogP contribution in [0.25, 0.3) is 6.08 Å². The van der Waals surface area contributed by atoms with E-state index in [1.807, 2.05) is 6.07 Å². The third-order valence-electron chi connectivity index (χ3n) is 2.35. The third-order valence-corrected chi connectivity index (χ3v) is 2.35. The molecule has 0 bridgehead atoms. The Morgan fingerprint density at radius 1 is 1.23 bits per heavy atom. The Kier molecular flexibility index (Phi) is 4.31. The van der Waals surface area contributed by atoms with Gasteiger partial charge in [-0.15, -0.1) is 0 Å². The molecule has 0 saturated carbocycles. The van der Waals surface area contributed by atoms with Crippen molar-refractivity contribution in [2.75, 3.05) is 0 Å². The van der Waals surface area contributed by atoms with E-state index in [9.17, 15) is 0 Å². The molecule has 0 radical (unpaired) electrons. The predicted molar refractivity (Wildman–Crippen MR) is 59.5 cm³/mol. The van der Waals surface area contributed by atoms with E-state index >= 15 is 0 Å². The summed E-state index contributed by atoms with van der Waals surface area (Å²) in [5.41, 5.74) is 1.30. The van der Waals surface area contributed by atoms with Crippen LogP contribution < -0.4 is 0 Å². The fourth-order valence-corrected chi connectivity index (χ4v) is 1.17. The first-order valence-corrected chi connectivity index (χ1v) is 5.04. The molecule has 0 heteroatoms. The number of rotatable bonds is 4. The minimum Gasteiger partial charge on any atom is -0.0837 e. The second-order valence-electron chi connectivity index (χ2n) is 3.56. The average Bonchev–Trinajstić information content (AvgIpc) is 2.19. The average molecular weight is 174 g/mol. The molecule has 0 amide bonds.